The van der Waals surface area contributed by atoms with Crippen molar-refractivity contribution in [3.63, 3.8) is 0 Å². The van der Waals surface area contributed by atoms with Crippen molar-refractivity contribution in [1.82, 2.24) is 0 Å². The van der Waals surface area contributed by atoms with E-state index in [1.54, 1.807) is 12.1 Å². The largest absolute Gasteiger partial charge is 1.00 e. The van der Waals surface area contributed by atoms with Crippen molar-refractivity contribution < 1.29 is 50.4 Å². The Hall–Kier alpha value is -2.45. The van der Waals surface area contributed by atoms with Crippen LogP contribution in [-0.2, 0) is 25.6 Å². The summed E-state index contributed by atoms with van der Waals surface area (Å²) in [4.78, 5) is 35.8. The van der Waals surface area contributed by atoms with Gasteiger partial charge in [-0.2, -0.15) is 0 Å². The maximum Gasteiger partial charge on any atom is 0.335 e. The van der Waals surface area contributed by atoms with Gasteiger partial charge in [0.25, 0.3) is 0 Å². The van der Waals surface area contributed by atoms with Crippen LogP contribution in [0.5, 0.6) is 0 Å². The predicted octanol–water partition coefficient (Wildman–Crippen LogP) is 5.04. The lowest BCUT2D eigenvalue weighted by atomic mass is 10.1. The maximum absolute atomic E-state index is 12.3. The van der Waals surface area contributed by atoms with Crippen molar-refractivity contribution >= 4 is 17.9 Å². The molecule has 0 amide bonds. The van der Waals surface area contributed by atoms with Gasteiger partial charge < -0.3 is 36.0 Å². The van der Waals surface area contributed by atoms with Gasteiger partial charge in [0.1, 0.15) is 32.8 Å². The Kier molecular flexibility index (Phi) is 24.5. The van der Waals surface area contributed by atoms with Crippen LogP contribution in [0.3, 0.4) is 0 Å². The van der Waals surface area contributed by atoms with Crippen molar-refractivity contribution in [1.29, 1.82) is 0 Å². The van der Waals surface area contributed by atoms with E-state index in [4.69, 9.17) is 9.47 Å². The zero-order valence-electron chi connectivity index (χ0n) is 26.5. The molecular weight excluding hydrogens is 610 g/mol. The second-order valence-corrected chi connectivity index (χ2v) is 11.6. The molecule has 244 valence electrons. The van der Waals surface area contributed by atoms with Crippen LogP contribution in [0.25, 0.3) is 0 Å². The van der Waals surface area contributed by atoms with E-state index in [-0.39, 0.29) is 47.7 Å². The molecule has 43 heavy (non-hydrogen) atoms. The van der Waals surface area contributed by atoms with Crippen LogP contribution < -0.4 is 17.0 Å². The Morgan fingerprint density at radius 3 is 1.49 bits per heavy atom. The Balaban J connectivity index is 0.0000176. The van der Waals surface area contributed by atoms with Gasteiger partial charge in [-0.1, -0.05) is 75.7 Å². The molecule has 0 unspecified atom stereocenters. The summed E-state index contributed by atoms with van der Waals surface area (Å²) in [5.74, 6) is -1.31. The van der Waals surface area contributed by atoms with E-state index in [1.807, 2.05) is 31.3 Å². The van der Waals surface area contributed by atoms with Gasteiger partial charge in [0.05, 0.1) is 12.6 Å². The quantitative estimate of drug-likeness (QED) is 0.0613. The van der Waals surface area contributed by atoms with Crippen LogP contribution in [0.2, 0.25) is 0 Å². The lowest BCUT2D eigenvalue weighted by Crippen LogP contribution is -3.00. The fourth-order valence-corrected chi connectivity index (χ4v) is 4.90. The Morgan fingerprint density at radius 2 is 1.09 bits per heavy atom. The zero-order valence-corrected chi connectivity index (χ0v) is 28.1. The lowest BCUT2D eigenvalue weighted by molar-refractivity contribution is -0.922. The SMILES string of the molecule is C=CCCCCCCCCC(=O)OCC[N+](C)(CCOC(=O)CCCCCCCCC=C)Cc1ccc(C(=O)O)cc1.[Br-]. The molecule has 0 aromatic heterocycles. The van der Waals surface area contributed by atoms with E-state index >= 15 is 0 Å². The molecule has 0 aliphatic rings. The van der Waals surface area contributed by atoms with Crippen LogP contribution in [0.4, 0.5) is 0 Å². The van der Waals surface area contributed by atoms with Crippen molar-refractivity contribution in [2.45, 2.75) is 109 Å². The zero-order chi connectivity index (χ0) is 30.9. The third-order valence-corrected chi connectivity index (χ3v) is 7.63. The Morgan fingerprint density at radius 1 is 0.698 bits per heavy atom. The predicted molar refractivity (Wildman–Crippen MR) is 169 cm³/mol. The van der Waals surface area contributed by atoms with Gasteiger partial charge in [-0.3, -0.25) is 9.59 Å². The van der Waals surface area contributed by atoms with Crippen LogP contribution in [0.1, 0.15) is 119 Å². The highest BCUT2D eigenvalue weighted by atomic mass is 79.9. The summed E-state index contributed by atoms with van der Waals surface area (Å²) in [6, 6.07) is 6.82. The topological polar surface area (TPSA) is 89.9 Å². The van der Waals surface area contributed by atoms with E-state index in [1.165, 1.54) is 38.5 Å². The Bertz CT molecular complexity index is 875. The number of carboxylic acids is 1. The molecule has 0 aliphatic heterocycles. The number of benzene rings is 1. The summed E-state index contributed by atoms with van der Waals surface area (Å²) < 4.78 is 11.6. The van der Waals surface area contributed by atoms with E-state index in [0.29, 0.717) is 37.0 Å². The number of halogens is 1. The molecule has 1 rings (SSSR count). The maximum atomic E-state index is 12.3. The minimum absolute atomic E-state index is 0. The normalized spacial score (nSPS) is 10.9. The second-order valence-electron chi connectivity index (χ2n) is 11.6. The summed E-state index contributed by atoms with van der Waals surface area (Å²) >= 11 is 0. The summed E-state index contributed by atoms with van der Waals surface area (Å²) in [6.45, 7) is 9.80. The molecule has 1 aromatic rings. The van der Waals surface area contributed by atoms with Crippen LogP contribution in [-0.4, -0.2) is 60.8 Å². The van der Waals surface area contributed by atoms with Gasteiger partial charge in [0.2, 0.25) is 0 Å². The highest BCUT2D eigenvalue weighted by molar-refractivity contribution is 5.87. The van der Waals surface area contributed by atoms with Crippen molar-refractivity contribution in [3.8, 4) is 0 Å². The number of rotatable bonds is 27. The number of carbonyl (C=O) groups excluding carboxylic acids is 2. The molecule has 0 heterocycles. The highest BCUT2D eigenvalue weighted by Crippen LogP contribution is 2.15. The summed E-state index contributed by atoms with van der Waals surface area (Å²) in [7, 11) is 2.05. The van der Waals surface area contributed by atoms with E-state index in [2.05, 4.69) is 13.2 Å². The van der Waals surface area contributed by atoms with Crippen LogP contribution in [0, 0.1) is 0 Å². The van der Waals surface area contributed by atoms with E-state index in [0.717, 1.165) is 56.9 Å². The molecule has 8 heteroatoms. The second kappa shape index (κ2) is 26.0. The molecule has 0 fully saturated rings. The number of quaternary nitrogens is 1. The van der Waals surface area contributed by atoms with Crippen molar-refractivity contribution in [2.24, 2.45) is 0 Å². The number of ether oxygens (including phenoxy) is 2. The van der Waals surface area contributed by atoms with Crippen molar-refractivity contribution in [3.05, 3.63) is 60.7 Å². The third kappa shape index (κ3) is 21.8. The lowest BCUT2D eigenvalue weighted by Gasteiger charge is -2.34. The van der Waals surface area contributed by atoms with Crippen LogP contribution in [0.15, 0.2) is 49.6 Å². The number of aromatic carboxylic acids is 1. The number of allylic oxidation sites excluding steroid dienone is 2. The Labute approximate surface area is 271 Å². The molecule has 1 aromatic carbocycles. The molecular formula is C35H56BrNO6. The summed E-state index contributed by atoms with van der Waals surface area (Å²) in [5.41, 5.74) is 1.21. The number of hydrogen-bond donors (Lipinski definition) is 1. The van der Waals surface area contributed by atoms with Gasteiger partial charge in [0.15, 0.2) is 0 Å². The summed E-state index contributed by atoms with van der Waals surface area (Å²) in [6.07, 6.45) is 20.1. The smallest absolute Gasteiger partial charge is 0.335 e. The highest BCUT2D eigenvalue weighted by Gasteiger charge is 2.24. The first kappa shape index (κ1) is 40.5. The number of carboxylic acid groups (broad SMARTS) is 1. The summed E-state index contributed by atoms with van der Waals surface area (Å²) in [5, 5.41) is 9.21. The van der Waals surface area contributed by atoms with E-state index in [9.17, 15) is 19.5 Å². The number of carbonyl (C=O) groups is 3. The first-order valence-corrected chi connectivity index (χ1v) is 16.0. The number of likely N-dealkylation sites (N-methyl/N-ethyl adjacent to an activating group) is 1. The molecule has 0 saturated heterocycles. The third-order valence-electron chi connectivity index (χ3n) is 7.63. The molecule has 0 atom stereocenters. The van der Waals surface area contributed by atoms with Gasteiger partial charge in [0, 0.05) is 18.4 Å². The average molecular weight is 667 g/mol. The van der Waals surface area contributed by atoms with Crippen LogP contribution >= 0.6 is 0 Å². The number of unbranched alkanes of at least 4 members (excludes halogenated alkanes) is 12. The van der Waals surface area contributed by atoms with Gasteiger partial charge >= 0.3 is 17.9 Å². The van der Waals surface area contributed by atoms with Crippen molar-refractivity contribution in [2.75, 3.05) is 33.4 Å². The molecule has 1 N–H and O–H groups in total. The minimum atomic E-state index is -0.960. The monoisotopic (exact) mass is 665 g/mol. The number of esters is 2. The molecule has 0 saturated carbocycles. The van der Waals surface area contributed by atoms with Gasteiger partial charge in [-0.25, -0.2) is 4.79 Å². The van der Waals surface area contributed by atoms with E-state index < -0.39 is 5.97 Å². The molecule has 0 aliphatic carbocycles. The first-order valence-electron chi connectivity index (χ1n) is 16.0. The van der Waals surface area contributed by atoms with Gasteiger partial charge in [-0.15, -0.1) is 13.2 Å². The fourth-order valence-electron chi connectivity index (χ4n) is 4.90. The number of nitrogens with zero attached hydrogens (tertiary/aromatic N) is 1. The standard InChI is InChI=1S/C35H55NO6.BrH/c1-4-6-8-10-12-14-16-18-20-33(37)41-28-26-36(3,30-31-22-24-32(25-23-31)35(39)40)27-29-42-34(38)21-19-17-15-13-11-9-7-5-2;/h4-5,22-25H,1-2,6-21,26-30H2,3H3;1H. The first-order chi connectivity index (χ1) is 20.3. The molecule has 7 nitrogen and oxygen atoms in total. The van der Waals surface area contributed by atoms with Gasteiger partial charge in [-0.05, 0) is 50.7 Å². The average Bonchev–Trinajstić information content (AvgIpc) is 2.96. The molecule has 0 radical (unpaired) electrons. The minimum Gasteiger partial charge on any atom is -1.00 e. The molecule has 0 bridgehead atoms. The molecule has 0 spiro atoms. The fraction of sp³-hybridized carbons (Fsp3) is 0.629. The number of hydrogen-bond acceptors (Lipinski definition) is 5.